The van der Waals surface area contributed by atoms with Gasteiger partial charge >= 0.3 is 6.09 Å². The Morgan fingerprint density at radius 2 is 1.46 bits per heavy atom. The monoisotopic (exact) mass is 326 g/mol. The Hall–Kier alpha value is -2.57. The maximum atomic E-state index is 11.4. The van der Waals surface area contributed by atoms with Crippen molar-refractivity contribution in [1.29, 1.82) is 0 Å². The fraction of sp³-hybridized carbons (Fsp3) is 0.278. The lowest BCUT2D eigenvalue weighted by Gasteiger charge is -2.39. The molecule has 1 saturated heterocycles. The molecule has 124 valence electrons. The molecule has 0 saturated carbocycles. The number of aliphatic hydroxyl groups excluding tert-OH is 2. The van der Waals surface area contributed by atoms with E-state index in [-0.39, 0.29) is 13.1 Å². The Kier molecular flexibility index (Phi) is 3.44. The van der Waals surface area contributed by atoms with E-state index in [0.29, 0.717) is 0 Å². The van der Waals surface area contributed by atoms with Crippen LogP contribution in [0, 0.1) is 0 Å². The number of aromatic nitrogens is 1. The SMILES string of the molecule is O=C(O)N1CC(O)C(O)C(n2c3ccccc3c3ccccc32)C1. The molecule has 6 nitrogen and oxygen atoms in total. The van der Waals surface area contributed by atoms with Crippen LogP contribution in [-0.2, 0) is 0 Å². The van der Waals surface area contributed by atoms with E-state index in [0.717, 1.165) is 26.7 Å². The largest absolute Gasteiger partial charge is 0.465 e. The minimum atomic E-state index is -1.11. The van der Waals surface area contributed by atoms with Crippen LogP contribution in [0.1, 0.15) is 6.04 Å². The first kappa shape index (κ1) is 15.0. The summed E-state index contributed by atoms with van der Waals surface area (Å²) in [5, 5.41) is 32.1. The average Bonchev–Trinajstić information content (AvgIpc) is 2.92. The molecule has 3 atom stereocenters. The number of piperidine rings is 1. The summed E-state index contributed by atoms with van der Waals surface area (Å²) in [6.07, 6.45) is -3.23. The number of carbonyl (C=O) groups is 1. The Bertz CT molecular complexity index is 866. The number of hydrogen-bond donors (Lipinski definition) is 3. The van der Waals surface area contributed by atoms with Crippen molar-refractivity contribution in [2.75, 3.05) is 13.1 Å². The molecule has 0 radical (unpaired) electrons. The zero-order chi connectivity index (χ0) is 16.8. The van der Waals surface area contributed by atoms with E-state index in [1.165, 1.54) is 0 Å². The Balaban J connectivity index is 1.95. The minimum Gasteiger partial charge on any atom is -0.465 e. The second-order valence-electron chi connectivity index (χ2n) is 6.22. The van der Waals surface area contributed by atoms with Gasteiger partial charge in [0.25, 0.3) is 0 Å². The average molecular weight is 326 g/mol. The van der Waals surface area contributed by atoms with Crippen molar-refractivity contribution in [2.45, 2.75) is 18.2 Å². The highest BCUT2D eigenvalue weighted by Crippen LogP contribution is 2.35. The molecule has 1 amide bonds. The van der Waals surface area contributed by atoms with Crippen molar-refractivity contribution in [3.05, 3.63) is 48.5 Å². The van der Waals surface area contributed by atoms with Crippen molar-refractivity contribution >= 4 is 27.9 Å². The predicted octanol–water partition coefficient (Wildman–Crippen LogP) is 2.05. The second-order valence-corrected chi connectivity index (χ2v) is 6.22. The number of amides is 1. The lowest BCUT2D eigenvalue weighted by molar-refractivity contribution is -0.0605. The van der Waals surface area contributed by atoms with Gasteiger partial charge in [0.15, 0.2) is 0 Å². The quantitative estimate of drug-likeness (QED) is 0.639. The lowest BCUT2D eigenvalue weighted by atomic mass is 9.99. The summed E-state index contributed by atoms with van der Waals surface area (Å²) in [5.41, 5.74) is 1.84. The van der Waals surface area contributed by atoms with Crippen LogP contribution < -0.4 is 0 Å². The molecule has 1 aliphatic rings. The van der Waals surface area contributed by atoms with Gasteiger partial charge in [-0.05, 0) is 12.1 Å². The van der Waals surface area contributed by atoms with Gasteiger partial charge in [-0.25, -0.2) is 4.79 Å². The molecule has 3 N–H and O–H groups in total. The van der Waals surface area contributed by atoms with E-state index in [2.05, 4.69) is 0 Å². The zero-order valence-electron chi connectivity index (χ0n) is 12.9. The third-order valence-corrected chi connectivity index (χ3v) is 4.82. The summed E-state index contributed by atoms with van der Waals surface area (Å²) >= 11 is 0. The van der Waals surface area contributed by atoms with Crippen molar-refractivity contribution in [2.24, 2.45) is 0 Å². The van der Waals surface area contributed by atoms with Crippen molar-refractivity contribution in [3.63, 3.8) is 0 Å². The summed E-state index contributed by atoms with van der Waals surface area (Å²) in [5.74, 6) is 0. The van der Waals surface area contributed by atoms with E-state index < -0.39 is 24.3 Å². The lowest BCUT2D eigenvalue weighted by Crippen LogP contribution is -2.54. The number of β-amino-alcohol motifs (C(OH)–C–C–N with tert-alkyl or cyclic N) is 1. The highest BCUT2D eigenvalue weighted by molar-refractivity contribution is 6.08. The van der Waals surface area contributed by atoms with Crippen LogP contribution in [0.4, 0.5) is 4.79 Å². The third kappa shape index (κ3) is 2.15. The van der Waals surface area contributed by atoms with Crippen LogP contribution in [0.15, 0.2) is 48.5 Å². The van der Waals surface area contributed by atoms with E-state index in [1.807, 2.05) is 53.1 Å². The predicted molar refractivity (Wildman–Crippen MR) is 90.1 cm³/mol. The molecule has 3 aromatic rings. The molecule has 2 aromatic carbocycles. The maximum Gasteiger partial charge on any atom is 0.407 e. The van der Waals surface area contributed by atoms with Gasteiger partial charge < -0.3 is 24.8 Å². The smallest absolute Gasteiger partial charge is 0.407 e. The Morgan fingerprint density at radius 1 is 0.917 bits per heavy atom. The molecule has 0 bridgehead atoms. The molecule has 0 spiro atoms. The molecule has 1 aliphatic heterocycles. The highest BCUT2D eigenvalue weighted by atomic mass is 16.4. The molecule has 6 heteroatoms. The summed E-state index contributed by atoms with van der Waals surface area (Å²) in [4.78, 5) is 12.5. The van der Waals surface area contributed by atoms with E-state index in [1.54, 1.807) is 0 Å². The third-order valence-electron chi connectivity index (χ3n) is 4.82. The van der Waals surface area contributed by atoms with Gasteiger partial charge in [0.2, 0.25) is 0 Å². The number of rotatable bonds is 1. The van der Waals surface area contributed by atoms with E-state index >= 15 is 0 Å². The molecule has 4 rings (SSSR count). The molecule has 1 fully saturated rings. The molecular formula is C18H18N2O4. The van der Waals surface area contributed by atoms with Crippen LogP contribution in [0.25, 0.3) is 21.8 Å². The molecule has 24 heavy (non-hydrogen) atoms. The summed E-state index contributed by atoms with van der Waals surface area (Å²) in [6, 6.07) is 15.1. The first-order chi connectivity index (χ1) is 11.6. The van der Waals surface area contributed by atoms with Crippen molar-refractivity contribution < 1.29 is 20.1 Å². The number of nitrogens with zero attached hydrogens (tertiary/aromatic N) is 2. The molecule has 2 heterocycles. The molecule has 1 aromatic heterocycles. The van der Waals surface area contributed by atoms with Crippen LogP contribution >= 0.6 is 0 Å². The van der Waals surface area contributed by atoms with Gasteiger partial charge in [-0.1, -0.05) is 36.4 Å². The number of likely N-dealkylation sites (tertiary alicyclic amines) is 1. The first-order valence-electron chi connectivity index (χ1n) is 7.89. The fourth-order valence-electron chi connectivity index (χ4n) is 3.70. The topological polar surface area (TPSA) is 85.9 Å². The zero-order valence-corrected chi connectivity index (χ0v) is 12.9. The number of aliphatic hydroxyl groups is 2. The summed E-state index contributed by atoms with van der Waals surface area (Å²) < 4.78 is 1.95. The fourth-order valence-corrected chi connectivity index (χ4v) is 3.70. The number of carboxylic acid groups (broad SMARTS) is 1. The maximum absolute atomic E-state index is 11.4. The van der Waals surface area contributed by atoms with Gasteiger partial charge in [-0.2, -0.15) is 0 Å². The Labute approximate surface area is 138 Å². The van der Waals surface area contributed by atoms with Gasteiger partial charge in [0.1, 0.15) is 6.10 Å². The number of hydrogen-bond acceptors (Lipinski definition) is 3. The van der Waals surface area contributed by atoms with Gasteiger partial charge in [-0.15, -0.1) is 0 Å². The van der Waals surface area contributed by atoms with Crippen LogP contribution in [0.2, 0.25) is 0 Å². The molecular weight excluding hydrogens is 308 g/mol. The van der Waals surface area contributed by atoms with Gasteiger partial charge in [0.05, 0.1) is 18.7 Å². The van der Waals surface area contributed by atoms with Gasteiger partial charge in [0, 0.05) is 28.4 Å². The summed E-state index contributed by atoms with van der Waals surface area (Å²) in [6.45, 7) is 0.0559. The second kappa shape index (κ2) is 5.51. The number of para-hydroxylation sites is 2. The highest BCUT2D eigenvalue weighted by Gasteiger charge is 2.38. The van der Waals surface area contributed by atoms with Crippen LogP contribution in [0.3, 0.4) is 0 Å². The molecule has 0 aliphatic carbocycles. The Morgan fingerprint density at radius 3 is 2.00 bits per heavy atom. The van der Waals surface area contributed by atoms with E-state index in [9.17, 15) is 20.1 Å². The normalized spacial score (nSPS) is 24.6. The van der Waals surface area contributed by atoms with Crippen LogP contribution in [0.5, 0.6) is 0 Å². The van der Waals surface area contributed by atoms with Gasteiger partial charge in [-0.3, -0.25) is 0 Å². The minimum absolute atomic E-state index is 0.0792. The molecule has 3 unspecified atom stereocenters. The van der Waals surface area contributed by atoms with Crippen LogP contribution in [-0.4, -0.2) is 56.2 Å². The number of fused-ring (bicyclic) bond motifs is 3. The number of benzene rings is 2. The summed E-state index contributed by atoms with van der Waals surface area (Å²) in [7, 11) is 0. The standard InChI is InChI=1S/C18H18N2O4/c21-16-10-19(18(23)24)9-15(17(16)22)20-13-7-3-1-5-11(13)12-6-2-4-8-14(12)20/h1-8,15-17,21-22H,9-10H2,(H,23,24). The van der Waals surface area contributed by atoms with Crippen molar-refractivity contribution in [3.8, 4) is 0 Å². The van der Waals surface area contributed by atoms with E-state index in [4.69, 9.17) is 0 Å². The first-order valence-corrected chi connectivity index (χ1v) is 7.89. The van der Waals surface area contributed by atoms with Crippen molar-refractivity contribution in [1.82, 2.24) is 9.47 Å².